The number of benzene rings is 2. The maximum atomic E-state index is 11.7. The quantitative estimate of drug-likeness (QED) is 0.732. The molecule has 2 N–H and O–H groups in total. The molecule has 2 amide bonds. The van der Waals surface area contributed by atoms with Crippen LogP contribution in [0.4, 0.5) is 4.79 Å². The molecule has 5 nitrogen and oxygen atoms in total. The lowest BCUT2D eigenvalue weighted by molar-refractivity contribution is 0.236. The zero-order chi connectivity index (χ0) is 17.2. The Balaban J connectivity index is 1.63. The molecular formula is C19H24N2O3. The SMILES string of the molecule is CCc1cccc(OCCNC(=O)NCc2ccc(OC)cc2)c1. The molecule has 0 heterocycles. The summed E-state index contributed by atoms with van der Waals surface area (Å²) < 4.78 is 10.7. The lowest BCUT2D eigenvalue weighted by Crippen LogP contribution is -2.37. The van der Waals surface area contributed by atoms with E-state index in [1.807, 2.05) is 42.5 Å². The van der Waals surface area contributed by atoms with Gasteiger partial charge in [-0.2, -0.15) is 0 Å². The smallest absolute Gasteiger partial charge is 0.315 e. The van der Waals surface area contributed by atoms with Crippen LogP contribution in [0.3, 0.4) is 0 Å². The number of urea groups is 1. The molecule has 0 unspecified atom stereocenters. The maximum Gasteiger partial charge on any atom is 0.315 e. The Hall–Kier alpha value is -2.69. The topological polar surface area (TPSA) is 59.6 Å². The van der Waals surface area contributed by atoms with Crippen molar-refractivity contribution >= 4 is 6.03 Å². The molecule has 0 atom stereocenters. The molecule has 0 saturated carbocycles. The van der Waals surface area contributed by atoms with Gasteiger partial charge in [-0.1, -0.05) is 31.2 Å². The Morgan fingerprint density at radius 2 is 1.79 bits per heavy atom. The van der Waals surface area contributed by atoms with Crippen molar-refractivity contribution in [3.05, 3.63) is 59.7 Å². The Kier molecular flexibility index (Phi) is 6.95. The van der Waals surface area contributed by atoms with E-state index in [0.29, 0.717) is 19.7 Å². The number of rotatable bonds is 8. The molecule has 2 aromatic rings. The van der Waals surface area contributed by atoms with Crippen LogP contribution in [-0.2, 0) is 13.0 Å². The molecule has 128 valence electrons. The van der Waals surface area contributed by atoms with Gasteiger partial charge < -0.3 is 20.1 Å². The largest absolute Gasteiger partial charge is 0.497 e. The summed E-state index contributed by atoms with van der Waals surface area (Å²) in [5.41, 5.74) is 2.25. The Labute approximate surface area is 143 Å². The van der Waals surface area contributed by atoms with Crippen molar-refractivity contribution in [3.63, 3.8) is 0 Å². The van der Waals surface area contributed by atoms with Crippen LogP contribution in [0.2, 0.25) is 0 Å². The molecule has 2 rings (SSSR count). The highest BCUT2D eigenvalue weighted by Gasteiger charge is 2.01. The average molecular weight is 328 g/mol. The van der Waals surface area contributed by atoms with Crippen LogP contribution >= 0.6 is 0 Å². The van der Waals surface area contributed by atoms with Gasteiger partial charge in [-0.05, 0) is 41.8 Å². The van der Waals surface area contributed by atoms with Gasteiger partial charge in [0.15, 0.2) is 0 Å². The van der Waals surface area contributed by atoms with E-state index in [4.69, 9.17) is 9.47 Å². The second-order valence-corrected chi connectivity index (χ2v) is 5.31. The van der Waals surface area contributed by atoms with Gasteiger partial charge in [0, 0.05) is 6.54 Å². The van der Waals surface area contributed by atoms with Crippen LogP contribution in [0, 0.1) is 0 Å². The highest BCUT2D eigenvalue weighted by molar-refractivity contribution is 5.73. The molecule has 0 radical (unpaired) electrons. The molecule has 0 bridgehead atoms. The molecule has 0 aliphatic heterocycles. The third kappa shape index (κ3) is 5.83. The van der Waals surface area contributed by atoms with Gasteiger partial charge in [0.25, 0.3) is 0 Å². The van der Waals surface area contributed by atoms with Crippen molar-refractivity contribution in [2.45, 2.75) is 19.9 Å². The van der Waals surface area contributed by atoms with E-state index >= 15 is 0 Å². The number of carbonyl (C=O) groups excluding carboxylic acids is 1. The van der Waals surface area contributed by atoms with Crippen molar-refractivity contribution in [3.8, 4) is 11.5 Å². The second-order valence-electron chi connectivity index (χ2n) is 5.31. The van der Waals surface area contributed by atoms with Crippen LogP contribution < -0.4 is 20.1 Å². The fourth-order valence-corrected chi connectivity index (χ4v) is 2.18. The fourth-order valence-electron chi connectivity index (χ4n) is 2.18. The van der Waals surface area contributed by atoms with Crippen LogP contribution in [0.1, 0.15) is 18.1 Å². The Morgan fingerprint density at radius 1 is 1.00 bits per heavy atom. The summed E-state index contributed by atoms with van der Waals surface area (Å²) in [6.07, 6.45) is 0.975. The number of methoxy groups -OCH3 is 1. The van der Waals surface area contributed by atoms with Gasteiger partial charge in [-0.3, -0.25) is 0 Å². The lowest BCUT2D eigenvalue weighted by atomic mass is 10.2. The van der Waals surface area contributed by atoms with E-state index < -0.39 is 0 Å². The summed E-state index contributed by atoms with van der Waals surface area (Å²) in [5, 5.41) is 5.58. The van der Waals surface area contributed by atoms with E-state index in [-0.39, 0.29) is 6.03 Å². The van der Waals surface area contributed by atoms with Gasteiger partial charge >= 0.3 is 6.03 Å². The first-order valence-electron chi connectivity index (χ1n) is 8.07. The third-order valence-corrected chi connectivity index (χ3v) is 3.58. The predicted octanol–water partition coefficient (Wildman–Crippen LogP) is 3.14. The number of nitrogens with one attached hydrogen (secondary N) is 2. The first-order chi connectivity index (χ1) is 11.7. The summed E-state index contributed by atoms with van der Waals surface area (Å²) in [4.78, 5) is 11.7. The molecule has 5 heteroatoms. The molecule has 0 aliphatic carbocycles. The van der Waals surface area contributed by atoms with Crippen molar-refractivity contribution in [1.29, 1.82) is 0 Å². The van der Waals surface area contributed by atoms with Crippen LogP contribution in [0.15, 0.2) is 48.5 Å². The molecular weight excluding hydrogens is 304 g/mol. The third-order valence-electron chi connectivity index (χ3n) is 3.58. The molecule has 0 fully saturated rings. The van der Waals surface area contributed by atoms with Gasteiger partial charge in [0.2, 0.25) is 0 Å². The van der Waals surface area contributed by atoms with Crippen molar-refractivity contribution in [1.82, 2.24) is 10.6 Å². The van der Waals surface area contributed by atoms with Crippen molar-refractivity contribution in [2.24, 2.45) is 0 Å². The molecule has 0 saturated heterocycles. The fraction of sp³-hybridized carbons (Fsp3) is 0.316. The maximum absolute atomic E-state index is 11.7. The summed E-state index contributed by atoms with van der Waals surface area (Å²) in [6, 6.07) is 15.3. The van der Waals surface area contributed by atoms with Gasteiger partial charge in [0.1, 0.15) is 18.1 Å². The molecule has 0 aromatic heterocycles. The lowest BCUT2D eigenvalue weighted by Gasteiger charge is -2.10. The number of hydrogen-bond donors (Lipinski definition) is 2. The zero-order valence-corrected chi connectivity index (χ0v) is 14.2. The van der Waals surface area contributed by atoms with Gasteiger partial charge in [0.05, 0.1) is 13.7 Å². The summed E-state index contributed by atoms with van der Waals surface area (Å²) in [6.45, 7) is 3.46. The normalized spacial score (nSPS) is 10.1. The van der Waals surface area contributed by atoms with Crippen LogP contribution in [-0.4, -0.2) is 26.3 Å². The van der Waals surface area contributed by atoms with E-state index in [1.54, 1.807) is 7.11 Å². The average Bonchev–Trinajstić information content (AvgIpc) is 2.64. The minimum absolute atomic E-state index is 0.211. The monoisotopic (exact) mass is 328 g/mol. The van der Waals surface area contributed by atoms with Crippen LogP contribution in [0.25, 0.3) is 0 Å². The summed E-state index contributed by atoms with van der Waals surface area (Å²) in [5.74, 6) is 1.63. The molecule has 24 heavy (non-hydrogen) atoms. The van der Waals surface area contributed by atoms with Crippen molar-refractivity contribution in [2.75, 3.05) is 20.3 Å². The van der Waals surface area contributed by atoms with E-state index in [1.165, 1.54) is 5.56 Å². The molecule has 2 aromatic carbocycles. The first kappa shape index (κ1) is 17.7. The van der Waals surface area contributed by atoms with E-state index in [2.05, 4.69) is 23.6 Å². The summed E-state index contributed by atoms with van der Waals surface area (Å²) >= 11 is 0. The number of ether oxygens (including phenoxy) is 2. The zero-order valence-electron chi connectivity index (χ0n) is 14.2. The summed E-state index contributed by atoms with van der Waals surface area (Å²) in [7, 11) is 1.63. The van der Waals surface area contributed by atoms with Crippen molar-refractivity contribution < 1.29 is 14.3 Å². The number of amides is 2. The Bertz CT molecular complexity index is 641. The highest BCUT2D eigenvalue weighted by Crippen LogP contribution is 2.13. The second kappa shape index (κ2) is 9.45. The molecule has 0 aliphatic rings. The Morgan fingerprint density at radius 3 is 2.50 bits per heavy atom. The highest BCUT2D eigenvalue weighted by atomic mass is 16.5. The van der Waals surface area contributed by atoms with Gasteiger partial charge in [-0.15, -0.1) is 0 Å². The van der Waals surface area contributed by atoms with Gasteiger partial charge in [-0.25, -0.2) is 4.79 Å². The molecule has 0 spiro atoms. The van der Waals surface area contributed by atoms with E-state index in [0.717, 1.165) is 23.5 Å². The minimum Gasteiger partial charge on any atom is -0.497 e. The number of aryl methyl sites for hydroxylation is 1. The first-order valence-corrected chi connectivity index (χ1v) is 8.07. The van der Waals surface area contributed by atoms with E-state index in [9.17, 15) is 4.79 Å². The van der Waals surface area contributed by atoms with Crippen LogP contribution in [0.5, 0.6) is 11.5 Å². The number of hydrogen-bond acceptors (Lipinski definition) is 3. The predicted molar refractivity (Wildman–Crippen MR) is 94.5 cm³/mol. The standard InChI is InChI=1S/C19H24N2O3/c1-3-15-5-4-6-18(13-15)24-12-11-20-19(22)21-14-16-7-9-17(23-2)10-8-16/h4-10,13H,3,11-12,14H2,1-2H3,(H2,20,21,22). The number of carbonyl (C=O) groups is 1. The minimum atomic E-state index is -0.211.